The molecule has 32 heavy (non-hydrogen) atoms. The van der Waals surface area contributed by atoms with Crippen LogP contribution < -0.4 is 27.0 Å². The van der Waals surface area contributed by atoms with Gasteiger partial charge in [0, 0.05) is 0 Å². The van der Waals surface area contributed by atoms with Crippen molar-refractivity contribution in [3.05, 3.63) is 0 Å². The van der Waals surface area contributed by atoms with Gasteiger partial charge in [0.1, 0.15) is 24.7 Å². The number of carboxylic acids is 2. The van der Waals surface area contributed by atoms with Crippen LogP contribution in [0.2, 0.25) is 0 Å². The molecule has 4 atom stereocenters. The van der Waals surface area contributed by atoms with Crippen LogP contribution in [0.4, 0.5) is 0 Å². The van der Waals surface area contributed by atoms with E-state index in [0.29, 0.717) is 0 Å². The maximum Gasteiger partial charge on any atom is 0.322 e. The summed E-state index contributed by atoms with van der Waals surface area (Å²) in [5, 5.41) is 26.8. The Kier molecular flexibility index (Phi) is 11.9. The topological polar surface area (TPSA) is 217 Å². The molecule has 0 bridgehead atoms. The van der Waals surface area contributed by atoms with E-state index < -0.39 is 78.6 Å². The van der Waals surface area contributed by atoms with Gasteiger partial charge in [-0.15, -0.1) is 0 Å². The van der Waals surface area contributed by atoms with Gasteiger partial charge in [0.05, 0.1) is 12.5 Å². The molecular weight excluding hydrogens is 426 g/mol. The third kappa shape index (κ3) is 10.2. The summed E-state index contributed by atoms with van der Waals surface area (Å²) in [7, 11) is 0. The molecule has 0 aliphatic rings. The van der Waals surface area contributed by atoms with Gasteiger partial charge in [-0.05, 0) is 18.8 Å². The van der Waals surface area contributed by atoms with Crippen molar-refractivity contribution in [2.75, 3.05) is 6.54 Å². The molecule has 0 saturated carbocycles. The number of carbonyl (C=O) groups is 6. The first-order valence-corrected chi connectivity index (χ1v) is 10.0. The fourth-order valence-corrected chi connectivity index (χ4v) is 2.43. The second-order valence-corrected chi connectivity index (χ2v) is 8.00. The lowest BCUT2D eigenvalue weighted by Crippen LogP contribution is -2.59. The largest absolute Gasteiger partial charge is 0.481 e. The average Bonchev–Trinajstić information content (AvgIpc) is 2.67. The molecule has 0 aromatic heterocycles. The van der Waals surface area contributed by atoms with E-state index in [0.717, 1.165) is 0 Å². The fraction of sp³-hybridized carbons (Fsp3) is 0.684. The Hall–Kier alpha value is -3.22. The summed E-state index contributed by atoms with van der Waals surface area (Å²) in [6.45, 7) is 7.35. The molecule has 0 aliphatic heterocycles. The highest BCUT2D eigenvalue weighted by Crippen LogP contribution is 2.06. The molecule has 0 rings (SSSR count). The third-order valence-corrected chi connectivity index (χ3v) is 4.45. The monoisotopic (exact) mass is 459 g/mol. The maximum atomic E-state index is 12.7. The van der Waals surface area contributed by atoms with Crippen LogP contribution in [0.25, 0.3) is 0 Å². The molecule has 0 heterocycles. The van der Waals surface area contributed by atoms with Crippen molar-refractivity contribution < 1.29 is 39.0 Å². The number of nitrogens with two attached hydrogens (primary N) is 1. The zero-order valence-corrected chi connectivity index (χ0v) is 18.8. The zero-order valence-electron chi connectivity index (χ0n) is 18.8. The maximum absolute atomic E-state index is 12.7. The number of carbonyl (C=O) groups excluding carboxylic acids is 4. The Balaban J connectivity index is 5.32. The second kappa shape index (κ2) is 13.2. The van der Waals surface area contributed by atoms with Crippen LogP contribution >= 0.6 is 0 Å². The molecule has 0 radical (unpaired) electrons. The van der Waals surface area contributed by atoms with Gasteiger partial charge in [-0.2, -0.15) is 0 Å². The van der Waals surface area contributed by atoms with E-state index in [2.05, 4.69) is 21.3 Å². The Morgan fingerprint density at radius 2 is 1.28 bits per heavy atom. The summed E-state index contributed by atoms with van der Waals surface area (Å²) in [6, 6.07) is -4.70. The molecule has 13 heteroatoms. The minimum Gasteiger partial charge on any atom is -0.481 e. The fourth-order valence-electron chi connectivity index (χ4n) is 2.43. The predicted octanol–water partition coefficient (Wildman–Crippen LogP) is -2.22. The van der Waals surface area contributed by atoms with Crippen LogP contribution in [0.15, 0.2) is 0 Å². The Bertz CT molecular complexity index is 725. The highest BCUT2D eigenvalue weighted by molar-refractivity contribution is 5.96. The van der Waals surface area contributed by atoms with E-state index in [1.807, 2.05) is 0 Å². The number of aliphatic carboxylic acids is 2. The molecule has 0 aromatic carbocycles. The highest BCUT2D eigenvalue weighted by atomic mass is 16.4. The second-order valence-electron chi connectivity index (χ2n) is 8.00. The predicted molar refractivity (Wildman–Crippen MR) is 112 cm³/mol. The third-order valence-electron chi connectivity index (χ3n) is 4.45. The molecular formula is C19H33N5O8. The van der Waals surface area contributed by atoms with Gasteiger partial charge in [-0.3, -0.25) is 28.8 Å². The van der Waals surface area contributed by atoms with Crippen molar-refractivity contribution in [3.63, 3.8) is 0 Å². The lowest BCUT2D eigenvalue weighted by atomic mass is 9.99. The minimum absolute atomic E-state index is 0.190. The summed E-state index contributed by atoms with van der Waals surface area (Å²) in [4.78, 5) is 71.0. The molecule has 0 fully saturated rings. The number of amides is 4. The summed E-state index contributed by atoms with van der Waals surface area (Å²) in [5.74, 6) is -6.42. The number of hydrogen-bond donors (Lipinski definition) is 7. The minimum atomic E-state index is -1.55. The lowest BCUT2D eigenvalue weighted by Gasteiger charge is -2.27. The van der Waals surface area contributed by atoms with Gasteiger partial charge >= 0.3 is 11.9 Å². The van der Waals surface area contributed by atoms with Crippen molar-refractivity contribution in [2.45, 2.75) is 65.2 Å². The van der Waals surface area contributed by atoms with E-state index in [1.165, 1.54) is 6.92 Å². The molecule has 0 aliphatic carbocycles. The Morgan fingerprint density at radius 1 is 0.719 bits per heavy atom. The van der Waals surface area contributed by atoms with Crippen LogP contribution in [0.1, 0.15) is 41.0 Å². The van der Waals surface area contributed by atoms with Crippen molar-refractivity contribution in [1.29, 1.82) is 0 Å². The van der Waals surface area contributed by atoms with Crippen molar-refractivity contribution >= 4 is 35.6 Å². The van der Waals surface area contributed by atoms with Crippen molar-refractivity contribution in [1.82, 2.24) is 21.3 Å². The van der Waals surface area contributed by atoms with Crippen molar-refractivity contribution in [2.24, 2.45) is 17.6 Å². The van der Waals surface area contributed by atoms with Crippen LogP contribution in [-0.2, 0) is 28.8 Å². The van der Waals surface area contributed by atoms with E-state index in [9.17, 15) is 28.8 Å². The van der Waals surface area contributed by atoms with Crippen LogP contribution in [0.3, 0.4) is 0 Å². The number of carboxylic acid groups (broad SMARTS) is 2. The molecule has 0 spiro atoms. The van der Waals surface area contributed by atoms with Crippen LogP contribution in [0.5, 0.6) is 0 Å². The molecule has 13 nitrogen and oxygen atoms in total. The molecule has 0 saturated heterocycles. The molecule has 8 N–H and O–H groups in total. The van der Waals surface area contributed by atoms with Gasteiger partial charge in [0.15, 0.2) is 0 Å². The Labute approximate surface area is 185 Å². The van der Waals surface area contributed by atoms with E-state index >= 15 is 0 Å². The molecule has 182 valence electrons. The molecule has 0 aromatic rings. The van der Waals surface area contributed by atoms with Crippen LogP contribution in [-0.4, -0.2) is 76.5 Å². The van der Waals surface area contributed by atoms with E-state index in [-0.39, 0.29) is 5.92 Å². The first kappa shape index (κ1) is 28.8. The standard InChI is InChI=1S/C19H33N5O8/c1-8(2)14(20)18(31)24-15(9(3)4)19(32)23-11(6-12(25)26)17(30)22-10(5)16(29)21-7-13(27)28/h8-11,14-15H,6-7,20H2,1-5H3,(H,21,29)(H,22,30)(H,23,32)(H,24,31)(H,25,26)(H,27,28)/t10-,11-,14-,15-/m0/s1. The van der Waals surface area contributed by atoms with Gasteiger partial charge in [0.25, 0.3) is 0 Å². The van der Waals surface area contributed by atoms with Crippen molar-refractivity contribution in [3.8, 4) is 0 Å². The quantitative estimate of drug-likeness (QED) is 0.158. The smallest absolute Gasteiger partial charge is 0.322 e. The Morgan fingerprint density at radius 3 is 1.72 bits per heavy atom. The molecule has 0 unspecified atom stereocenters. The van der Waals surface area contributed by atoms with Gasteiger partial charge in [-0.1, -0.05) is 27.7 Å². The molecule has 4 amide bonds. The first-order valence-electron chi connectivity index (χ1n) is 10.0. The summed E-state index contributed by atoms with van der Waals surface area (Å²) in [5.41, 5.74) is 5.79. The normalized spacial score (nSPS) is 14.6. The summed E-state index contributed by atoms with van der Waals surface area (Å²) in [6.07, 6.45) is -0.786. The summed E-state index contributed by atoms with van der Waals surface area (Å²) >= 11 is 0. The highest BCUT2D eigenvalue weighted by Gasteiger charge is 2.32. The number of hydrogen-bond acceptors (Lipinski definition) is 7. The van der Waals surface area contributed by atoms with Gasteiger partial charge < -0.3 is 37.2 Å². The lowest BCUT2D eigenvalue weighted by molar-refractivity contribution is -0.142. The van der Waals surface area contributed by atoms with Crippen LogP contribution in [0, 0.1) is 11.8 Å². The van der Waals surface area contributed by atoms with Gasteiger partial charge in [-0.25, -0.2) is 0 Å². The average molecular weight is 460 g/mol. The number of rotatable bonds is 13. The van der Waals surface area contributed by atoms with E-state index in [1.54, 1.807) is 27.7 Å². The first-order chi connectivity index (χ1) is 14.7. The van der Waals surface area contributed by atoms with E-state index in [4.69, 9.17) is 15.9 Å². The zero-order chi connectivity index (χ0) is 25.2. The van der Waals surface area contributed by atoms with Gasteiger partial charge in [0.2, 0.25) is 23.6 Å². The summed E-state index contributed by atoms with van der Waals surface area (Å²) < 4.78 is 0. The SMILES string of the molecule is CC(C)[C@H](N)C(=O)N[C@H](C(=O)N[C@@H](CC(=O)O)C(=O)N[C@@H](C)C(=O)NCC(=O)O)C(C)C. The number of nitrogens with one attached hydrogen (secondary N) is 4.